The van der Waals surface area contributed by atoms with Crippen molar-refractivity contribution in [3.05, 3.63) is 35.7 Å². The largest absolute Gasteiger partial charge is 0.491 e. The Kier molecular flexibility index (Phi) is 8.02. The predicted molar refractivity (Wildman–Crippen MR) is 105 cm³/mol. The number of hydrogen-bond acceptors (Lipinski definition) is 6. The fourth-order valence-corrected chi connectivity index (χ4v) is 2.89. The van der Waals surface area contributed by atoms with Gasteiger partial charge in [0.05, 0.1) is 6.61 Å². The molecule has 3 rings (SSSR count). The smallest absolute Gasteiger partial charge is 0.258 e. The van der Waals surface area contributed by atoms with Crippen LogP contribution in [-0.4, -0.2) is 54.1 Å². The van der Waals surface area contributed by atoms with E-state index < -0.39 is 0 Å². The summed E-state index contributed by atoms with van der Waals surface area (Å²) in [5, 5.41) is 10.6. The zero-order chi connectivity index (χ0) is 18.4. The number of piperidine rings is 1. The summed E-state index contributed by atoms with van der Waals surface area (Å²) in [6, 6.07) is 6.98. The molecule has 2 aromatic rings. The maximum atomic E-state index is 12.5. The highest BCUT2D eigenvalue weighted by Gasteiger charge is 2.21. The molecule has 2 heterocycles. The molecule has 0 saturated carbocycles. The summed E-state index contributed by atoms with van der Waals surface area (Å²) in [5.41, 5.74) is 0.538. The van der Waals surface area contributed by atoms with Gasteiger partial charge >= 0.3 is 0 Å². The van der Waals surface area contributed by atoms with Crippen LogP contribution < -0.4 is 15.4 Å². The van der Waals surface area contributed by atoms with Gasteiger partial charge < -0.3 is 14.8 Å². The van der Waals surface area contributed by atoms with Crippen molar-refractivity contribution in [2.75, 3.05) is 38.7 Å². The number of carbonyl (C=O) groups is 1. The van der Waals surface area contributed by atoms with E-state index in [1.165, 1.54) is 0 Å². The van der Waals surface area contributed by atoms with Gasteiger partial charge in [0.1, 0.15) is 12.4 Å². The van der Waals surface area contributed by atoms with Crippen LogP contribution in [0.5, 0.6) is 5.75 Å². The zero-order valence-electron chi connectivity index (χ0n) is 15.6. The molecule has 1 aromatic heterocycles. The summed E-state index contributed by atoms with van der Waals surface area (Å²) in [7, 11) is 3.42. The van der Waals surface area contributed by atoms with Gasteiger partial charge in [-0.25, -0.2) is 4.68 Å². The van der Waals surface area contributed by atoms with Gasteiger partial charge in [0.25, 0.3) is 5.91 Å². The molecule has 1 aliphatic heterocycles. The van der Waals surface area contributed by atoms with E-state index in [2.05, 4.69) is 20.7 Å². The van der Waals surface area contributed by atoms with Crippen LogP contribution in [0.1, 0.15) is 34.9 Å². The lowest BCUT2D eigenvalue weighted by atomic mass is 9.98. The van der Waals surface area contributed by atoms with Crippen molar-refractivity contribution in [1.82, 2.24) is 20.1 Å². The van der Waals surface area contributed by atoms with Crippen LogP contribution in [0.15, 0.2) is 24.3 Å². The molecule has 1 aliphatic rings. The van der Waals surface area contributed by atoms with E-state index in [0.717, 1.165) is 31.8 Å². The number of aryl methyl sites for hydroxylation is 1. The molecule has 0 atom stereocenters. The van der Waals surface area contributed by atoms with E-state index in [4.69, 9.17) is 9.47 Å². The molecule has 0 unspecified atom stereocenters. The molecular weight excluding hydrogens is 370 g/mol. The molecule has 1 saturated heterocycles. The summed E-state index contributed by atoms with van der Waals surface area (Å²) in [5.74, 6) is 2.08. The first-order valence-corrected chi connectivity index (χ1v) is 8.82. The van der Waals surface area contributed by atoms with Crippen molar-refractivity contribution in [1.29, 1.82) is 0 Å². The van der Waals surface area contributed by atoms with E-state index in [0.29, 0.717) is 36.4 Å². The third-order valence-corrected chi connectivity index (χ3v) is 4.38. The van der Waals surface area contributed by atoms with Crippen molar-refractivity contribution in [2.24, 2.45) is 7.05 Å². The molecule has 0 bridgehead atoms. The lowest BCUT2D eigenvalue weighted by Gasteiger charge is -2.19. The Labute approximate surface area is 165 Å². The fourth-order valence-electron chi connectivity index (χ4n) is 2.89. The van der Waals surface area contributed by atoms with E-state index >= 15 is 0 Å². The van der Waals surface area contributed by atoms with Gasteiger partial charge in [-0.1, -0.05) is 0 Å². The van der Waals surface area contributed by atoms with Gasteiger partial charge in [-0.2, -0.15) is 10.1 Å². The second-order valence-electron chi connectivity index (χ2n) is 6.26. The number of nitrogens with zero attached hydrogens (tertiary/aromatic N) is 3. The minimum Gasteiger partial charge on any atom is -0.491 e. The Morgan fingerprint density at radius 2 is 1.96 bits per heavy atom. The molecule has 0 radical (unpaired) electrons. The standard InChI is InChI=1S/C18H25N5O3.ClH/c1-23-18(20-16(22-23)13-7-9-19-10-8-13)21-17(24)14-3-5-15(6-4-14)26-12-11-25-2;/h3-6,13,19H,7-12H2,1-2H3,(H,20,21,22,24);1H. The highest BCUT2D eigenvalue weighted by Crippen LogP contribution is 2.23. The molecule has 1 aromatic carbocycles. The molecule has 1 amide bonds. The maximum Gasteiger partial charge on any atom is 0.258 e. The van der Waals surface area contributed by atoms with Gasteiger partial charge in [-0.3, -0.25) is 10.1 Å². The average Bonchev–Trinajstić information content (AvgIpc) is 3.04. The lowest BCUT2D eigenvalue weighted by molar-refractivity contribution is 0.102. The van der Waals surface area contributed by atoms with Crippen LogP contribution in [-0.2, 0) is 11.8 Å². The number of hydrogen-bond donors (Lipinski definition) is 2. The second-order valence-corrected chi connectivity index (χ2v) is 6.26. The molecule has 27 heavy (non-hydrogen) atoms. The zero-order valence-corrected chi connectivity index (χ0v) is 16.4. The maximum absolute atomic E-state index is 12.5. The molecule has 1 fully saturated rings. The normalized spacial score (nSPS) is 14.4. The number of benzene rings is 1. The van der Waals surface area contributed by atoms with Gasteiger partial charge in [0.2, 0.25) is 5.95 Å². The van der Waals surface area contributed by atoms with Crippen molar-refractivity contribution in [3.63, 3.8) is 0 Å². The highest BCUT2D eigenvalue weighted by molar-refractivity contribution is 6.03. The van der Waals surface area contributed by atoms with Gasteiger partial charge in [0, 0.05) is 25.6 Å². The van der Waals surface area contributed by atoms with Gasteiger partial charge in [-0.05, 0) is 50.2 Å². The molecular formula is C18H26ClN5O3. The quantitative estimate of drug-likeness (QED) is 0.697. The summed E-state index contributed by atoms with van der Waals surface area (Å²) in [6.07, 6.45) is 2.03. The van der Waals surface area contributed by atoms with Crippen molar-refractivity contribution < 1.29 is 14.3 Å². The number of halogens is 1. The first-order valence-electron chi connectivity index (χ1n) is 8.82. The van der Waals surface area contributed by atoms with Crippen molar-refractivity contribution in [3.8, 4) is 5.75 Å². The first kappa shape index (κ1) is 21.1. The first-order chi connectivity index (χ1) is 12.7. The minimum absolute atomic E-state index is 0. The van der Waals surface area contributed by atoms with Crippen LogP contribution in [0.25, 0.3) is 0 Å². The average molecular weight is 396 g/mol. The van der Waals surface area contributed by atoms with Crippen LogP contribution in [0, 0.1) is 0 Å². The molecule has 2 N–H and O–H groups in total. The van der Waals surface area contributed by atoms with E-state index in [-0.39, 0.29) is 18.3 Å². The van der Waals surface area contributed by atoms with Gasteiger partial charge in [-0.15, -0.1) is 12.4 Å². The SMILES string of the molecule is COCCOc1ccc(C(=O)Nc2nc(C3CCNCC3)nn2C)cc1.Cl. The highest BCUT2D eigenvalue weighted by atomic mass is 35.5. The third kappa shape index (κ3) is 5.66. The minimum atomic E-state index is -0.221. The topological polar surface area (TPSA) is 90.3 Å². The monoisotopic (exact) mass is 395 g/mol. The van der Waals surface area contributed by atoms with E-state index in [1.807, 2.05) is 0 Å². The number of nitrogens with one attached hydrogen (secondary N) is 2. The van der Waals surface area contributed by atoms with Crippen molar-refractivity contribution in [2.45, 2.75) is 18.8 Å². The predicted octanol–water partition coefficient (Wildman–Crippen LogP) is 1.98. The Balaban J connectivity index is 0.00000261. The number of anilines is 1. The van der Waals surface area contributed by atoms with Crippen LogP contribution in [0.3, 0.4) is 0 Å². The Morgan fingerprint density at radius 3 is 2.63 bits per heavy atom. The number of amides is 1. The van der Waals surface area contributed by atoms with Crippen LogP contribution in [0.2, 0.25) is 0 Å². The van der Waals surface area contributed by atoms with Gasteiger partial charge in [0.15, 0.2) is 5.82 Å². The number of methoxy groups -OCH3 is 1. The summed E-state index contributed by atoms with van der Waals surface area (Å²) in [6.45, 7) is 2.95. The summed E-state index contributed by atoms with van der Waals surface area (Å²) in [4.78, 5) is 17.0. The van der Waals surface area contributed by atoms with Crippen LogP contribution >= 0.6 is 12.4 Å². The van der Waals surface area contributed by atoms with Crippen LogP contribution in [0.4, 0.5) is 5.95 Å². The van der Waals surface area contributed by atoms with Crippen molar-refractivity contribution >= 4 is 24.3 Å². The summed E-state index contributed by atoms with van der Waals surface area (Å²) < 4.78 is 12.1. The Morgan fingerprint density at radius 1 is 1.26 bits per heavy atom. The van der Waals surface area contributed by atoms with E-state index in [1.54, 1.807) is 43.1 Å². The molecule has 9 heteroatoms. The molecule has 0 aliphatic carbocycles. The lowest BCUT2D eigenvalue weighted by Crippen LogP contribution is -2.27. The third-order valence-electron chi connectivity index (χ3n) is 4.38. The molecule has 8 nitrogen and oxygen atoms in total. The summed E-state index contributed by atoms with van der Waals surface area (Å²) >= 11 is 0. The second kappa shape index (κ2) is 10.2. The molecule has 148 valence electrons. The number of aromatic nitrogens is 3. The number of ether oxygens (including phenoxy) is 2. The Hall–Kier alpha value is -2.16. The fraction of sp³-hybridized carbons (Fsp3) is 0.500. The van der Waals surface area contributed by atoms with E-state index in [9.17, 15) is 4.79 Å². The molecule has 0 spiro atoms. The Bertz CT molecular complexity index is 729. The number of rotatable bonds is 7. The number of carbonyl (C=O) groups excluding carboxylic acids is 1.